The molecule has 4 aromatic rings. The molecule has 0 saturated carbocycles. The fourth-order valence-electron chi connectivity index (χ4n) is 3.41. The predicted molar refractivity (Wildman–Crippen MR) is 144 cm³/mol. The number of hydrogen-bond donors (Lipinski definition) is 2. The fraction of sp³-hybridized carbons (Fsp3) is 0.115. The minimum absolute atomic E-state index is 0.0681. The molecular weight excluding hydrogens is 579 g/mol. The lowest BCUT2D eigenvalue weighted by molar-refractivity contribution is -0.384. The van der Waals surface area contributed by atoms with Gasteiger partial charge < -0.3 is 19.2 Å². The molecule has 0 aliphatic rings. The normalized spacial score (nSPS) is 10.9. The Morgan fingerprint density at radius 3 is 2.62 bits per heavy atom. The smallest absolute Gasteiger partial charge is 0.307 e. The van der Waals surface area contributed by atoms with Gasteiger partial charge in [-0.1, -0.05) is 0 Å². The molecule has 2 amide bonds. The van der Waals surface area contributed by atoms with Gasteiger partial charge in [-0.2, -0.15) is 5.10 Å². The van der Waals surface area contributed by atoms with E-state index in [9.17, 15) is 24.1 Å². The quantitative estimate of drug-likeness (QED) is 0.141. The van der Waals surface area contributed by atoms with Gasteiger partial charge in [0.15, 0.2) is 23.9 Å². The van der Waals surface area contributed by atoms with E-state index in [1.165, 1.54) is 54.7 Å². The van der Waals surface area contributed by atoms with Crippen molar-refractivity contribution in [2.75, 3.05) is 18.5 Å². The van der Waals surface area contributed by atoms with Crippen LogP contribution < -0.4 is 20.2 Å². The van der Waals surface area contributed by atoms with E-state index >= 15 is 0 Å². The summed E-state index contributed by atoms with van der Waals surface area (Å²) in [5.41, 5.74) is 3.50. The summed E-state index contributed by atoms with van der Waals surface area (Å²) >= 11 is 3.40. The van der Waals surface area contributed by atoms with E-state index in [0.717, 1.165) is 0 Å². The molecule has 0 unspecified atom stereocenters. The SMILES string of the molecule is CCOc1cc(/C=N\NC(=O)c2cc3cc([N+](=O)[O-])ccc3o2)cc(Br)c1OCC(=O)Nc1ccc(F)cc1. The number of hydrogen-bond acceptors (Lipinski definition) is 8. The topological polar surface area (TPSA) is 145 Å². The van der Waals surface area contributed by atoms with Crippen molar-refractivity contribution in [1.82, 2.24) is 5.43 Å². The van der Waals surface area contributed by atoms with Gasteiger partial charge in [0.05, 0.1) is 22.2 Å². The van der Waals surface area contributed by atoms with Gasteiger partial charge in [-0.05, 0) is 76.9 Å². The number of anilines is 1. The number of amides is 2. The van der Waals surface area contributed by atoms with E-state index in [1.54, 1.807) is 19.1 Å². The zero-order valence-corrected chi connectivity index (χ0v) is 21.9. The molecule has 0 saturated heterocycles. The Kier molecular flexibility index (Phi) is 8.51. The van der Waals surface area contributed by atoms with Crippen LogP contribution in [0.5, 0.6) is 11.5 Å². The first kappa shape index (κ1) is 27.3. The fourth-order valence-corrected chi connectivity index (χ4v) is 3.98. The van der Waals surface area contributed by atoms with Crippen molar-refractivity contribution in [3.8, 4) is 11.5 Å². The number of non-ortho nitro benzene ring substituents is 1. The molecule has 3 aromatic carbocycles. The maximum atomic E-state index is 13.0. The van der Waals surface area contributed by atoms with Crippen LogP contribution in [0.1, 0.15) is 23.0 Å². The molecule has 13 heteroatoms. The highest BCUT2D eigenvalue weighted by Crippen LogP contribution is 2.36. The lowest BCUT2D eigenvalue weighted by Crippen LogP contribution is -2.20. The average molecular weight is 599 g/mol. The van der Waals surface area contributed by atoms with Crippen molar-refractivity contribution < 1.29 is 32.8 Å². The number of nitro benzene ring substituents is 1. The van der Waals surface area contributed by atoms with E-state index < -0.39 is 22.6 Å². The van der Waals surface area contributed by atoms with Crippen LogP contribution in [-0.2, 0) is 4.79 Å². The van der Waals surface area contributed by atoms with Crippen LogP contribution in [0.3, 0.4) is 0 Å². The van der Waals surface area contributed by atoms with E-state index in [-0.39, 0.29) is 23.8 Å². The van der Waals surface area contributed by atoms with Gasteiger partial charge in [-0.3, -0.25) is 19.7 Å². The maximum absolute atomic E-state index is 13.0. The largest absolute Gasteiger partial charge is 0.490 e. The van der Waals surface area contributed by atoms with Gasteiger partial charge in [0.25, 0.3) is 11.6 Å². The molecule has 2 N–H and O–H groups in total. The van der Waals surface area contributed by atoms with Crippen LogP contribution in [0, 0.1) is 15.9 Å². The molecule has 1 aromatic heterocycles. The third-order valence-electron chi connectivity index (χ3n) is 5.12. The van der Waals surface area contributed by atoms with E-state index in [4.69, 9.17) is 13.9 Å². The number of halogens is 2. The molecule has 4 rings (SSSR count). The Balaban J connectivity index is 1.41. The first-order valence-corrected chi connectivity index (χ1v) is 12.2. The summed E-state index contributed by atoms with van der Waals surface area (Å²) in [7, 11) is 0. The highest BCUT2D eigenvalue weighted by Gasteiger charge is 2.16. The minimum Gasteiger partial charge on any atom is -0.490 e. The zero-order chi connectivity index (χ0) is 27.9. The molecule has 200 valence electrons. The van der Waals surface area contributed by atoms with Gasteiger partial charge in [0.2, 0.25) is 0 Å². The van der Waals surface area contributed by atoms with Crippen molar-refractivity contribution in [3.63, 3.8) is 0 Å². The summed E-state index contributed by atoms with van der Waals surface area (Å²) in [6.07, 6.45) is 1.36. The van der Waals surface area contributed by atoms with Crippen molar-refractivity contribution in [2.24, 2.45) is 5.10 Å². The molecule has 0 aliphatic heterocycles. The van der Waals surface area contributed by atoms with E-state index in [1.807, 2.05) is 0 Å². The monoisotopic (exact) mass is 598 g/mol. The van der Waals surface area contributed by atoms with Crippen LogP contribution in [0.15, 0.2) is 74.7 Å². The number of benzene rings is 3. The first-order valence-electron chi connectivity index (χ1n) is 11.4. The van der Waals surface area contributed by atoms with Crippen molar-refractivity contribution >= 4 is 56.3 Å². The summed E-state index contributed by atoms with van der Waals surface area (Å²) in [5.74, 6) is -0.982. The number of carbonyl (C=O) groups is 2. The number of rotatable bonds is 10. The summed E-state index contributed by atoms with van der Waals surface area (Å²) in [4.78, 5) is 35.1. The van der Waals surface area contributed by atoms with Crippen molar-refractivity contribution in [3.05, 3.63) is 92.4 Å². The van der Waals surface area contributed by atoms with E-state index in [2.05, 4.69) is 31.8 Å². The Morgan fingerprint density at radius 1 is 1.13 bits per heavy atom. The van der Waals surface area contributed by atoms with Crippen LogP contribution in [0.25, 0.3) is 11.0 Å². The van der Waals surface area contributed by atoms with Gasteiger partial charge in [0.1, 0.15) is 11.4 Å². The summed E-state index contributed by atoms with van der Waals surface area (Å²) < 4.78 is 30.3. The molecule has 0 radical (unpaired) electrons. The highest BCUT2D eigenvalue weighted by molar-refractivity contribution is 9.10. The number of furan rings is 1. The second-order valence-electron chi connectivity index (χ2n) is 7.90. The van der Waals surface area contributed by atoms with Crippen LogP contribution >= 0.6 is 15.9 Å². The van der Waals surface area contributed by atoms with Gasteiger partial charge in [-0.15, -0.1) is 0 Å². The predicted octanol–water partition coefficient (Wildman–Crippen LogP) is 5.42. The number of fused-ring (bicyclic) bond motifs is 1. The number of nitrogens with one attached hydrogen (secondary N) is 2. The molecule has 11 nitrogen and oxygen atoms in total. The van der Waals surface area contributed by atoms with Crippen LogP contribution in [-0.4, -0.2) is 36.2 Å². The molecule has 39 heavy (non-hydrogen) atoms. The Labute approximate surface area is 228 Å². The number of carbonyl (C=O) groups excluding carboxylic acids is 2. The Morgan fingerprint density at radius 2 is 1.90 bits per heavy atom. The van der Waals surface area contributed by atoms with Crippen LogP contribution in [0.4, 0.5) is 15.8 Å². The molecular formula is C26H20BrFN4O7. The zero-order valence-electron chi connectivity index (χ0n) is 20.3. The number of hydrazone groups is 1. The lowest BCUT2D eigenvalue weighted by Gasteiger charge is -2.14. The Bertz CT molecular complexity index is 1570. The van der Waals surface area contributed by atoms with E-state index in [0.29, 0.717) is 39.0 Å². The maximum Gasteiger partial charge on any atom is 0.307 e. The minimum atomic E-state index is -0.652. The average Bonchev–Trinajstić information content (AvgIpc) is 3.33. The van der Waals surface area contributed by atoms with Crippen LogP contribution in [0.2, 0.25) is 0 Å². The second kappa shape index (κ2) is 12.2. The van der Waals surface area contributed by atoms with Crippen molar-refractivity contribution in [1.29, 1.82) is 0 Å². The lowest BCUT2D eigenvalue weighted by atomic mass is 10.2. The summed E-state index contributed by atoms with van der Waals surface area (Å²) in [6.45, 7) is 1.76. The molecule has 0 fully saturated rings. The Hall–Kier alpha value is -4.78. The molecule has 0 spiro atoms. The summed E-state index contributed by atoms with van der Waals surface area (Å²) in [6, 6.07) is 14.0. The third kappa shape index (κ3) is 6.96. The number of nitro groups is 1. The molecule has 0 aliphatic carbocycles. The standard InChI is InChI=1S/C26H20BrFN4O7/c1-2-37-22-10-15(9-20(27)25(22)38-14-24(33)30-18-5-3-17(28)4-6-18)13-29-31-26(34)23-12-16-11-19(32(35)36)7-8-21(16)39-23/h3-13H,2,14H2,1H3,(H,30,33)(H,31,34)/b29-13-. The van der Waals surface area contributed by atoms with Gasteiger partial charge in [-0.25, -0.2) is 9.82 Å². The highest BCUT2D eigenvalue weighted by atomic mass is 79.9. The molecule has 0 bridgehead atoms. The van der Waals surface area contributed by atoms with Gasteiger partial charge in [0, 0.05) is 23.2 Å². The number of ether oxygens (including phenoxy) is 2. The van der Waals surface area contributed by atoms with Gasteiger partial charge >= 0.3 is 5.91 Å². The first-order chi connectivity index (χ1) is 18.7. The molecule has 0 atom stereocenters. The third-order valence-corrected chi connectivity index (χ3v) is 5.71. The second-order valence-corrected chi connectivity index (χ2v) is 8.75. The van der Waals surface area contributed by atoms with Crippen molar-refractivity contribution in [2.45, 2.75) is 6.92 Å². The summed E-state index contributed by atoms with van der Waals surface area (Å²) in [5, 5.41) is 17.9. The number of nitrogens with zero attached hydrogens (tertiary/aromatic N) is 2. The molecule has 1 heterocycles.